The molecular weight excluding hydrogens is 326 g/mol. The SMILES string of the molecule is CNC1CCCN(C(=O)c2cc(C)c(OCc3cccnc3)c(C)c2)C1. The first-order valence-corrected chi connectivity index (χ1v) is 9.18. The molecule has 1 amide bonds. The summed E-state index contributed by atoms with van der Waals surface area (Å²) in [6.45, 7) is 6.06. The number of nitrogens with zero attached hydrogens (tertiary/aromatic N) is 2. The van der Waals surface area contributed by atoms with Gasteiger partial charge in [-0.2, -0.15) is 0 Å². The van der Waals surface area contributed by atoms with E-state index >= 15 is 0 Å². The molecule has 2 aromatic rings. The highest BCUT2D eigenvalue weighted by molar-refractivity contribution is 5.95. The van der Waals surface area contributed by atoms with Crippen molar-refractivity contribution in [2.75, 3.05) is 20.1 Å². The molecule has 0 radical (unpaired) electrons. The Morgan fingerprint density at radius 3 is 2.77 bits per heavy atom. The van der Waals surface area contributed by atoms with Crippen molar-refractivity contribution >= 4 is 5.91 Å². The number of carbonyl (C=O) groups is 1. The van der Waals surface area contributed by atoms with E-state index in [1.165, 1.54) is 0 Å². The molecule has 1 unspecified atom stereocenters. The fourth-order valence-electron chi connectivity index (χ4n) is 3.52. The topological polar surface area (TPSA) is 54.5 Å². The standard InChI is InChI=1S/C21H27N3O2/c1-15-10-18(21(25)24-9-5-7-19(13-24)22-3)11-16(2)20(15)26-14-17-6-4-8-23-12-17/h4,6,8,10-12,19,22H,5,7,9,13-14H2,1-3H3. The lowest BCUT2D eigenvalue weighted by atomic mass is 10.0. The van der Waals surface area contributed by atoms with E-state index in [0.29, 0.717) is 12.6 Å². The quantitative estimate of drug-likeness (QED) is 0.897. The summed E-state index contributed by atoms with van der Waals surface area (Å²) in [5.74, 6) is 0.951. The average Bonchev–Trinajstić information content (AvgIpc) is 2.67. The molecule has 1 N–H and O–H groups in total. The smallest absolute Gasteiger partial charge is 0.253 e. The van der Waals surface area contributed by atoms with Crippen LogP contribution in [0.25, 0.3) is 0 Å². The van der Waals surface area contributed by atoms with E-state index in [4.69, 9.17) is 4.74 Å². The molecule has 0 spiro atoms. The summed E-state index contributed by atoms with van der Waals surface area (Å²) in [6.07, 6.45) is 5.72. The predicted octanol–water partition coefficient (Wildman–Crippen LogP) is 3.10. The van der Waals surface area contributed by atoms with Gasteiger partial charge >= 0.3 is 0 Å². The highest BCUT2D eigenvalue weighted by Gasteiger charge is 2.24. The summed E-state index contributed by atoms with van der Waals surface area (Å²) in [5, 5.41) is 3.29. The van der Waals surface area contributed by atoms with Crippen molar-refractivity contribution in [2.45, 2.75) is 39.3 Å². The lowest BCUT2D eigenvalue weighted by Gasteiger charge is -2.32. The summed E-state index contributed by atoms with van der Waals surface area (Å²) in [6, 6.07) is 8.16. The molecule has 2 heterocycles. The molecule has 1 aliphatic rings. The summed E-state index contributed by atoms with van der Waals surface area (Å²) >= 11 is 0. The number of hydrogen-bond donors (Lipinski definition) is 1. The van der Waals surface area contributed by atoms with Gasteiger partial charge in [-0.05, 0) is 63.1 Å². The van der Waals surface area contributed by atoms with Gasteiger partial charge in [0.05, 0.1) is 0 Å². The zero-order valence-electron chi connectivity index (χ0n) is 15.8. The number of aryl methyl sites for hydroxylation is 2. The maximum absolute atomic E-state index is 12.9. The molecular formula is C21H27N3O2. The fourth-order valence-corrected chi connectivity index (χ4v) is 3.52. The minimum atomic E-state index is 0.106. The molecule has 1 fully saturated rings. The van der Waals surface area contributed by atoms with Crippen molar-refractivity contribution in [3.8, 4) is 5.75 Å². The molecule has 1 aromatic heterocycles. The first kappa shape index (κ1) is 18.4. The van der Waals surface area contributed by atoms with Crippen LogP contribution in [-0.4, -0.2) is 42.0 Å². The number of piperidine rings is 1. The van der Waals surface area contributed by atoms with Crippen molar-refractivity contribution < 1.29 is 9.53 Å². The highest BCUT2D eigenvalue weighted by Crippen LogP contribution is 2.27. The second kappa shape index (κ2) is 8.32. The third-order valence-electron chi connectivity index (χ3n) is 4.93. The Morgan fingerprint density at radius 2 is 2.12 bits per heavy atom. The van der Waals surface area contributed by atoms with Crippen molar-refractivity contribution in [3.05, 3.63) is 58.9 Å². The van der Waals surface area contributed by atoms with Crippen LogP contribution in [0, 0.1) is 13.8 Å². The van der Waals surface area contributed by atoms with Gasteiger partial charge in [0.1, 0.15) is 12.4 Å². The molecule has 1 saturated heterocycles. The number of amides is 1. The van der Waals surface area contributed by atoms with E-state index in [2.05, 4.69) is 10.3 Å². The van der Waals surface area contributed by atoms with Crippen LogP contribution in [0.3, 0.4) is 0 Å². The van der Waals surface area contributed by atoms with E-state index in [1.54, 1.807) is 12.4 Å². The number of likely N-dealkylation sites (tertiary alicyclic amines) is 1. The maximum Gasteiger partial charge on any atom is 0.253 e. The average molecular weight is 353 g/mol. The second-order valence-electron chi connectivity index (χ2n) is 6.97. The summed E-state index contributed by atoms with van der Waals surface area (Å²) < 4.78 is 5.99. The Kier molecular flexibility index (Phi) is 5.89. The summed E-state index contributed by atoms with van der Waals surface area (Å²) in [7, 11) is 1.96. The molecule has 3 rings (SSSR count). The van der Waals surface area contributed by atoms with Crippen molar-refractivity contribution in [3.63, 3.8) is 0 Å². The van der Waals surface area contributed by atoms with Gasteiger partial charge in [-0.25, -0.2) is 0 Å². The summed E-state index contributed by atoms with van der Waals surface area (Å²) in [5.41, 5.74) is 3.74. The highest BCUT2D eigenvalue weighted by atomic mass is 16.5. The molecule has 1 aliphatic heterocycles. The van der Waals surface area contributed by atoms with Gasteiger partial charge in [-0.3, -0.25) is 9.78 Å². The van der Waals surface area contributed by atoms with Crippen LogP contribution in [0.1, 0.15) is 39.9 Å². The lowest BCUT2D eigenvalue weighted by Crippen LogP contribution is -2.47. The predicted molar refractivity (Wildman–Crippen MR) is 102 cm³/mol. The van der Waals surface area contributed by atoms with E-state index in [-0.39, 0.29) is 5.91 Å². The normalized spacial score (nSPS) is 17.2. The Morgan fingerprint density at radius 1 is 1.35 bits per heavy atom. The number of rotatable bonds is 5. The summed E-state index contributed by atoms with van der Waals surface area (Å²) in [4.78, 5) is 19.0. The van der Waals surface area contributed by atoms with Gasteiger partial charge in [0.15, 0.2) is 0 Å². The number of aromatic nitrogens is 1. The second-order valence-corrected chi connectivity index (χ2v) is 6.97. The number of hydrogen-bond acceptors (Lipinski definition) is 4. The molecule has 5 heteroatoms. The van der Waals surface area contributed by atoms with Crippen molar-refractivity contribution in [1.82, 2.24) is 15.2 Å². The monoisotopic (exact) mass is 353 g/mol. The molecule has 1 atom stereocenters. The molecule has 0 bridgehead atoms. The number of likely N-dealkylation sites (N-methyl/N-ethyl adjacent to an activating group) is 1. The zero-order chi connectivity index (χ0) is 18.5. The lowest BCUT2D eigenvalue weighted by molar-refractivity contribution is 0.0698. The van der Waals surface area contributed by atoms with Crippen LogP contribution < -0.4 is 10.1 Å². The van der Waals surface area contributed by atoms with Crippen LogP contribution in [0.5, 0.6) is 5.75 Å². The molecule has 0 aliphatic carbocycles. The van der Waals surface area contributed by atoms with E-state index in [1.807, 2.05) is 50.1 Å². The van der Waals surface area contributed by atoms with E-state index in [9.17, 15) is 4.79 Å². The molecule has 0 saturated carbocycles. The van der Waals surface area contributed by atoms with Crippen LogP contribution in [0.2, 0.25) is 0 Å². The van der Waals surface area contributed by atoms with Crippen LogP contribution in [0.4, 0.5) is 0 Å². The van der Waals surface area contributed by atoms with Crippen molar-refractivity contribution in [1.29, 1.82) is 0 Å². The minimum absolute atomic E-state index is 0.106. The Labute approximate surface area is 155 Å². The largest absolute Gasteiger partial charge is 0.488 e. The Bertz CT molecular complexity index is 738. The zero-order valence-corrected chi connectivity index (χ0v) is 15.8. The van der Waals surface area contributed by atoms with Gasteiger partial charge in [0.2, 0.25) is 0 Å². The fraction of sp³-hybridized carbons (Fsp3) is 0.429. The van der Waals surface area contributed by atoms with Gasteiger partial charge in [0, 0.05) is 42.7 Å². The maximum atomic E-state index is 12.9. The van der Waals surface area contributed by atoms with E-state index in [0.717, 1.165) is 53.9 Å². The van der Waals surface area contributed by atoms with Crippen molar-refractivity contribution in [2.24, 2.45) is 0 Å². The third kappa shape index (κ3) is 4.22. The van der Waals surface area contributed by atoms with Crippen LogP contribution in [-0.2, 0) is 6.61 Å². The van der Waals surface area contributed by atoms with Crippen LogP contribution >= 0.6 is 0 Å². The first-order valence-electron chi connectivity index (χ1n) is 9.18. The number of pyridine rings is 1. The molecule has 5 nitrogen and oxygen atoms in total. The Balaban J connectivity index is 1.73. The first-order chi connectivity index (χ1) is 12.6. The minimum Gasteiger partial charge on any atom is -0.488 e. The van der Waals surface area contributed by atoms with E-state index < -0.39 is 0 Å². The number of nitrogens with one attached hydrogen (secondary N) is 1. The third-order valence-corrected chi connectivity index (χ3v) is 4.93. The molecule has 1 aromatic carbocycles. The van der Waals surface area contributed by atoms with Gasteiger partial charge in [-0.1, -0.05) is 6.07 Å². The molecule has 138 valence electrons. The van der Waals surface area contributed by atoms with Gasteiger partial charge in [0.25, 0.3) is 5.91 Å². The Hall–Kier alpha value is -2.40. The molecule has 26 heavy (non-hydrogen) atoms. The number of carbonyl (C=O) groups excluding carboxylic acids is 1. The number of ether oxygens (including phenoxy) is 1. The van der Waals surface area contributed by atoms with Gasteiger partial charge < -0.3 is 15.0 Å². The van der Waals surface area contributed by atoms with Crippen LogP contribution in [0.15, 0.2) is 36.7 Å². The van der Waals surface area contributed by atoms with Gasteiger partial charge in [-0.15, -0.1) is 0 Å². The number of benzene rings is 1.